The van der Waals surface area contributed by atoms with E-state index in [2.05, 4.69) is 18.7 Å². The molecule has 0 fully saturated rings. The molecule has 0 saturated heterocycles. The van der Waals surface area contributed by atoms with Gasteiger partial charge in [-0.3, -0.25) is 0 Å². The van der Waals surface area contributed by atoms with E-state index in [1.54, 1.807) is 7.11 Å². The molecule has 1 unspecified atom stereocenters. The molecule has 4 nitrogen and oxygen atoms in total. The summed E-state index contributed by atoms with van der Waals surface area (Å²) in [5.41, 5.74) is 3.53. The summed E-state index contributed by atoms with van der Waals surface area (Å²) in [6.07, 6.45) is 3.95. The van der Waals surface area contributed by atoms with Crippen LogP contribution in [-0.4, -0.2) is 41.7 Å². The molecule has 166 valence electrons. The molecule has 0 spiro atoms. The SMILES string of the molecule is CCCCN(CCCC)CC(O)c1cc(-c2ccc(Cl)cc2)nc2ccc(OC)cc12. The van der Waals surface area contributed by atoms with Crippen LogP contribution >= 0.6 is 11.6 Å². The van der Waals surface area contributed by atoms with Crippen molar-refractivity contribution in [3.05, 3.63) is 59.1 Å². The van der Waals surface area contributed by atoms with E-state index in [0.717, 1.165) is 72.2 Å². The lowest BCUT2D eigenvalue weighted by Crippen LogP contribution is -2.31. The Morgan fingerprint density at radius 1 is 1.00 bits per heavy atom. The standard InChI is InChI=1S/C26H33ClN2O2/c1-4-6-14-29(15-7-5-2)18-26(30)23-17-25(19-8-10-20(27)11-9-19)28-24-13-12-21(31-3)16-22(23)24/h8-13,16-17,26,30H,4-7,14-15,18H2,1-3H3. The van der Waals surface area contributed by atoms with E-state index in [9.17, 15) is 5.11 Å². The Labute approximate surface area is 190 Å². The van der Waals surface area contributed by atoms with Crippen molar-refractivity contribution < 1.29 is 9.84 Å². The molecule has 2 aromatic carbocycles. The first kappa shape index (κ1) is 23.5. The monoisotopic (exact) mass is 440 g/mol. The summed E-state index contributed by atoms with van der Waals surface area (Å²) in [5, 5.41) is 13.0. The van der Waals surface area contributed by atoms with Gasteiger partial charge in [0, 0.05) is 22.5 Å². The topological polar surface area (TPSA) is 45.6 Å². The molecule has 1 N–H and O–H groups in total. The van der Waals surface area contributed by atoms with Gasteiger partial charge in [0.1, 0.15) is 5.75 Å². The van der Waals surface area contributed by atoms with Crippen LogP contribution in [0.3, 0.4) is 0 Å². The zero-order valence-corrected chi connectivity index (χ0v) is 19.5. The highest BCUT2D eigenvalue weighted by atomic mass is 35.5. The van der Waals surface area contributed by atoms with Crippen LogP contribution in [0.2, 0.25) is 5.02 Å². The fourth-order valence-electron chi connectivity index (χ4n) is 3.80. The van der Waals surface area contributed by atoms with Crippen LogP contribution in [0.15, 0.2) is 48.5 Å². The fraction of sp³-hybridized carbons (Fsp3) is 0.423. The van der Waals surface area contributed by atoms with Gasteiger partial charge in [-0.2, -0.15) is 0 Å². The Morgan fingerprint density at radius 2 is 1.68 bits per heavy atom. The minimum Gasteiger partial charge on any atom is -0.497 e. The van der Waals surface area contributed by atoms with E-state index < -0.39 is 6.10 Å². The maximum Gasteiger partial charge on any atom is 0.119 e. The molecule has 0 radical (unpaired) electrons. The van der Waals surface area contributed by atoms with E-state index >= 15 is 0 Å². The van der Waals surface area contributed by atoms with Gasteiger partial charge in [-0.05, 0) is 67.9 Å². The minimum absolute atomic E-state index is 0.608. The van der Waals surface area contributed by atoms with Crippen LogP contribution in [0.5, 0.6) is 5.75 Å². The summed E-state index contributed by atoms with van der Waals surface area (Å²) < 4.78 is 5.44. The fourth-order valence-corrected chi connectivity index (χ4v) is 3.93. The number of nitrogens with zero attached hydrogens (tertiary/aromatic N) is 2. The Hall–Kier alpha value is -2.14. The van der Waals surface area contributed by atoms with Gasteiger partial charge >= 0.3 is 0 Å². The number of hydrogen-bond acceptors (Lipinski definition) is 4. The molecule has 0 aliphatic rings. The first-order valence-electron chi connectivity index (χ1n) is 11.2. The average Bonchev–Trinajstić information content (AvgIpc) is 2.80. The van der Waals surface area contributed by atoms with Gasteiger partial charge in [0.25, 0.3) is 0 Å². The van der Waals surface area contributed by atoms with E-state index in [1.165, 1.54) is 0 Å². The van der Waals surface area contributed by atoms with Crippen LogP contribution in [0.1, 0.15) is 51.2 Å². The molecule has 0 bridgehead atoms. The van der Waals surface area contributed by atoms with Crippen molar-refractivity contribution in [3.8, 4) is 17.0 Å². The van der Waals surface area contributed by atoms with Crippen LogP contribution in [0.25, 0.3) is 22.2 Å². The lowest BCUT2D eigenvalue weighted by Gasteiger charge is -2.26. The van der Waals surface area contributed by atoms with Gasteiger partial charge in [0.05, 0.1) is 24.4 Å². The van der Waals surface area contributed by atoms with E-state index in [0.29, 0.717) is 11.6 Å². The van der Waals surface area contributed by atoms with Crippen molar-refractivity contribution in [2.24, 2.45) is 0 Å². The Kier molecular flexibility index (Phi) is 8.70. The maximum absolute atomic E-state index is 11.3. The number of hydrogen-bond donors (Lipinski definition) is 1. The lowest BCUT2D eigenvalue weighted by atomic mass is 9.99. The summed E-state index contributed by atoms with van der Waals surface area (Å²) in [4.78, 5) is 7.23. The number of unbranched alkanes of at least 4 members (excludes halogenated alkanes) is 2. The van der Waals surface area contributed by atoms with Gasteiger partial charge in [-0.1, -0.05) is 50.4 Å². The van der Waals surface area contributed by atoms with E-state index in [-0.39, 0.29) is 0 Å². The average molecular weight is 441 g/mol. The van der Waals surface area contributed by atoms with Crippen LogP contribution in [0, 0.1) is 0 Å². The van der Waals surface area contributed by atoms with Gasteiger partial charge in [0.15, 0.2) is 0 Å². The van der Waals surface area contributed by atoms with E-state index in [4.69, 9.17) is 21.3 Å². The molecule has 5 heteroatoms. The largest absolute Gasteiger partial charge is 0.497 e. The van der Waals surface area contributed by atoms with Crippen molar-refractivity contribution in [3.63, 3.8) is 0 Å². The second-order valence-electron chi connectivity index (χ2n) is 8.01. The first-order chi connectivity index (χ1) is 15.0. The number of aromatic nitrogens is 1. The van der Waals surface area contributed by atoms with Gasteiger partial charge < -0.3 is 14.7 Å². The van der Waals surface area contributed by atoms with Crippen molar-refractivity contribution >= 4 is 22.5 Å². The van der Waals surface area contributed by atoms with Crippen LogP contribution in [0.4, 0.5) is 0 Å². The molecule has 0 amide bonds. The van der Waals surface area contributed by atoms with Crippen LogP contribution in [-0.2, 0) is 0 Å². The quantitative estimate of drug-likeness (QED) is 0.369. The summed E-state index contributed by atoms with van der Waals surface area (Å²) >= 11 is 6.07. The molecular formula is C26H33ClN2O2. The molecule has 0 aliphatic carbocycles. The molecule has 0 aliphatic heterocycles. The molecule has 31 heavy (non-hydrogen) atoms. The number of pyridine rings is 1. The normalized spacial score (nSPS) is 12.5. The highest BCUT2D eigenvalue weighted by molar-refractivity contribution is 6.30. The van der Waals surface area contributed by atoms with Crippen molar-refractivity contribution in [2.45, 2.75) is 45.6 Å². The third-order valence-corrected chi connectivity index (χ3v) is 5.89. The first-order valence-corrected chi connectivity index (χ1v) is 11.6. The number of fused-ring (bicyclic) bond motifs is 1. The Bertz CT molecular complexity index is 967. The summed E-state index contributed by atoms with van der Waals surface area (Å²) in [6.45, 7) is 7.02. The predicted molar refractivity (Wildman–Crippen MR) is 130 cm³/mol. The predicted octanol–water partition coefficient (Wildman–Crippen LogP) is 6.50. The second-order valence-corrected chi connectivity index (χ2v) is 8.45. The number of halogens is 1. The molecule has 3 aromatic rings. The number of rotatable bonds is 11. The Morgan fingerprint density at radius 3 is 2.29 bits per heavy atom. The van der Waals surface area contributed by atoms with E-state index in [1.807, 2.05) is 48.5 Å². The molecule has 1 aromatic heterocycles. The molecule has 3 rings (SSSR count). The number of aliphatic hydroxyl groups is 1. The number of ether oxygens (including phenoxy) is 1. The summed E-state index contributed by atoms with van der Waals surface area (Å²) in [7, 11) is 1.66. The second kappa shape index (κ2) is 11.5. The summed E-state index contributed by atoms with van der Waals surface area (Å²) in [5.74, 6) is 0.760. The van der Waals surface area contributed by atoms with Crippen LogP contribution < -0.4 is 4.74 Å². The molecule has 1 atom stereocenters. The maximum atomic E-state index is 11.3. The Balaban J connectivity index is 2.01. The van der Waals surface area contributed by atoms with Gasteiger partial charge in [-0.25, -0.2) is 4.98 Å². The highest BCUT2D eigenvalue weighted by Gasteiger charge is 2.18. The molecular weight excluding hydrogens is 408 g/mol. The third-order valence-electron chi connectivity index (χ3n) is 5.63. The highest BCUT2D eigenvalue weighted by Crippen LogP contribution is 2.32. The third kappa shape index (κ3) is 6.19. The van der Waals surface area contributed by atoms with Gasteiger partial charge in [0.2, 0.25) is 0 Å². The van der Waals surface area contributed by atoms with Crippen molar-refractivity contribution in [1.29, 1.82) is 0 Å². The lowest BCUT2D eigenvalue weighted by molar-refractivity contribution is 0.112. The number of aliphatic hydroxyl groups excluding tert-OH is 1. The smallest absolute Gasteiger partial charge is 0.119 e. The number of methoxy groups -OCH3 is 1. The van der Waals surface area contributed by atoms with Gasteiger partial charge in [-0.15, -0.1) is 0 Å². The molecule has 1 heterocycles. The van der Waals surface area contributed by atoms with Crippen molar-refractivity contribution in [1.82, 2.24) is 9.88 Å². The minimum atomic E-state index is -0.614. The zero-order chi connectivity index (χ0) is 22.2. The number of benzene rings is 2. The zero-order valence-electron chi connectivity index (χ0n) is 18.8. The van der Waals surface area contributed by atoms with Crippen molar-refractivity contribution in [2.75, 3.05) is 26.7 Å². The summed E-state index contributed by atoms with van der Waals surface area (Å²) in [6, 6.07) is 15.5. The molecule has 0 saturated carbocycles.